The monoisotopic (exact) mass is 545 g/mol. The SMILES string of the molecule is CCN(CC)CCN(C(=O)c1cccc(S(C)(=O)=O)c1)c1nc2ccc(S(C)(=O)=O)cc2s1.Cl. The van der Waals surface area contributed by atoms with Gasteiger partial charge in [0.2, 0.25) is 0 Å². The normalized spacial score (nSPS) is 12.0. The Hall–Kier alpha value is -2.05. The molecule has 0 aliphatic carbocycles. The van der Waals surface area contributed by atoms with Crippen LogP contribution in [-0.2, 0) is 19.7 Å². The average molecular weight is 546 g/mol. The lowest BCUT2D eigenvalue weighted by molar-refractivity contribution is 0.0983. The van der Waals surface area contributed by atoms with Crippen LogP contribution in [0.4, 0.5) is 5.13 Å². The second-order valence-electron chi connectivity index (χ2n) is 7.68. The van der Waals surface area contributed by atoms with Crippen molar-refractivity contribution in [2.75, 3.05) is 43.6 Å². The molecule has 1 aromatic heterocycles. The number of anilines is 1. The van der Waals surface area contributed by atoms with E-state index < -0.39 is 19.7 Å². The quantitative estimate of drug-likeness (QED) is 0.405. The molecule has 0 fully saturated rings. The number of halogens is 1. The van der Waals surface area contributed by atoms with Gasteiger partial charge in [0.05, 0.1) is 20.0 Å². The fraction of sp³-hybridized carbons (Fsp3) is 0.364. The van der Waals surface area contributed by atoms with Crippen molar-refractivity contribution in [3.8, 4) is 0 Å². The summed E-state index contributed by atoms with van der Waals surface area (Å²) in [6, 6.07) is 10.6. The number of hydrogen-bond acceptors (Lipinski definition) is 8. The summed E-state index contributed by atoms with van der Waals surface area (Å²) in [5.41, 5.74) is 0.835. The van der Waals surface area contributed by atoms with Crippen LogP contribution in [0.5, 0.6) is 0 Å². The second kappa shape index (κ2) is 11.1. The predicted octanol–water partition coefficient (Wildman–Crippen LogP) is 3.51. The van der Waals surface area contributed by atoms with Crippen LogP contribution in [0.25, 0.3) is 10.2 Å². The number of nitrogens with zero attached hydrogens (tertiary/aromatic N) is 3. The molecule has 0 atom stereocenters. The van der Waals surface area contributed by atoms with Crippen molar-refractivity contribution >= 4 is 64.7 Å². The lowest BCUT2D eigenvalue weighted by atomic mass is 10.2. The minimum absolute atomic E-state index is 0. The standard InChI is InChI=1S/C22H27N3O5S3.ClH/c1-5-24(6-2)12-13-25(21(26)16-8-7-9-17(14-16)32(3,27)28)22-23-19-11-10-18(33(4,29)30)15-20(19)31-22;/h7-11,14-15H,5-6,12-13H2,1-4H3;1H. The third-order valence-electron chi connectivity index (χ3n) is 5.30. The van der Waals surface area contributed by atoms with E-state index in [-0.39, 0.29) is 33.7 Å². The Labute approximate surface area is 210 Å². The van der Waals surface area contributed by atoms with Gasteiger partial charge in [0, 0.05) is 31.2 Å². The first kappa shape index (κ1) is 28.2. The number of rotatable bonds is 9. The maximum absolute atomic E-state index is 13.5. The maximum atomic E-state index is 13.5. The Morgan fingerprint density at radius 3 is 2.12 bits per heavy atom. The van der Waals surface area contributed by atoms with Crippen LogP contribution < -0.4 is 4.90 Å². The molecule has 0 radical (unpaired) electrons. The number of hydrogen-bond donors (Lipinski definition) is 0. The molecule has 1 heterocycles. The zero-order valence-electron chi connectivity index (χ0n) is 19.4. The molecule has 0 aliphatic rings. The van der Waals surface area contributed by atoms with Gasteiger partial charge >= 0.3 is 0 Å². The highest BCUT2D eigenvalue weighted by molar-refractivity contribution is 7.91. The van der Waals surface area contributed by atoms with E-state index in [0.29, 0.717) is 28.4 Å². The number of sulfone groups is 2. The number of fused-ring (bicyclic) bond motifs is 1. The topological polar surface area (TPSA) is 105 Å². The van der Waals surface area contributed by atoms with Gasteiger partial charge in [-0.05, 0) is 49.5 Å². The zero-order chi connectivity index (χ0) is 24.4. The van der Waals surface area contributed by atoms with Gasteiger partial charge in [-0.25, -0.2) is 21.8 Å². The summed E-state index contributed by atoms with van der Waals surface area (Å²) in [6.45, 7) is 6.67. The molecule has 12 heteroatoms. The van der Waals surface area contributed by atoms with Gasteiger partial charge < -0.3 is 4.90 Å². The summed E-state index contributed by atoms with van der Waals surface area (Å²) in [7, 11) is -6.85. The van der Waals surface area contributed by atoms with Crippen molar-refractivity contribution in [2.24, 2.45) is 0 Å². The van der Waals surface area contributed by atoms with Crippen molar-refractivity contribution in [3.05, 3.63) is 48.0 Å². The molecule has 0 N–H and O–H groups in total. The van der Waals surface area contributed by atoms with Gasteiger partial charge in [0.1, 0.15) is 0 Å². The van der Waals surface area contributed by atoms with E-state index in [1.54, 1.807) is 24.3 Å². The molecule has 3 aromatic rings. The molecule has 0 spiro atoms. The Bertz CT molecular complexity index is 1380. The lowest BCUT2D eigenvalue weighted by Crippen LogP contribution is -2.38. The largest absolute Gasteiger partial charge is 0.302 e. The summed E-state index contributed by atoms with van der Waals surface area (Å²) in [5.74, 6) is -0.366. The minimum Gasteiger partial charge on any atom is -0.302 e. The molecule has 1 amide bonds. The van der Waals surface area contributed by atoms with Crippen LogP contribution in [-0.4, -0.2) is 71.3 Å². The lowest BCUT2D eigenvalue weighted by Gasteiger charge is -2.24. The van der Waals surface area contributed by atoms with Gasteiger partial charge in [-0.2, -0.15) is 0 Å². The van der Waals surface area contributed by atoms with Crippen LogP contribution in [0.2, 0.25) is 0 Å². The first-order valence-corrected chi connectivity index (χ1v) is 15.0. The van der Waals surface area contributed by atoms with Crippen molar-refractivity contribution in [1.29, 1.82) is 0 Å². The smallest absolute Gasteiger partial charge is 0.260 e. The molecule has 2 aromatic carbocycles. The summed E-state index contributed by atoms with van der Waals surface area (Å²) < 4.78 is 48.5. The molecule has 186 valence electrons. The van der Waals surface area contributed by atoms with Gasteiger partial charge in [0.15, 0.2) is 24.8 Å². The first-order valence-electron chi connectivity index (χ1n) is 10.4. The van der Waals surface area contributed by atoms with Crippen molar-refractivity contribution < 1.29 is 21.6 Å². The van der Waals surface area contributed by atoms with E-state index in [2.05, 4.69) is 9.88 Å². The minimum atomic E-state index is -3.47. The van der Waals surface area contributed by atoms with Crippen molar-refractivity contribution in [2.45, 2.75) is 23.6 Å². The van der Waals surface area contributed by atoms with Gasteiger partial charge in [-0.15, -0.1) is 12.4 Å². The maximum Gasteiger partial charge on any atom is 0.260 e. The van der Waals surface area contributed by atoms with Crippen LogP contribution in [0, 0.1) is 0 Å². The number of amides is 1. The van der Waals surface area contributed by atoms with E-state index in [4.69, 9.17) is 0 Å². The van der Waals surface area contributed by atoms with E-state index in [1.165, 1.54) is 34.4 Å². The highest BCUT2D eigenvalue weighted by atomic mass is 35.5. The van der Waals surface area contributed by atoms with Crippen LogP contribution in [0.1, 0.15) is 24.2 Å². The third kappa shape index (κ3) is 6.54. The van der Waals surface area contributed by atoms with Gasteiger partial charge in [0.25, 0.3) is 5.91 Å². The van der Waals surface area contributed by atoms with Crippen LogP contribution in [0.15, 0.2) is 52.3 Å². The molecule has 8 nitrogen and oxygen atoms in total. The molecule has 0 saturated carbocycles. The molecule has 0 bridgehead atoms. The van der Waals surface area contributed by atoms with E-state index >= 15 is 0 Å². The molecule has 0 unspecified atom stereocenters. The summed E-state index contributed by atoms with van der Waals surface area (Å²) in [5, 5.41) is 0.428. The molecule has 34 heavy (non-hydrogen) atoms. The number of thiazole rings is 1. The van der Waals surface area contributed by atoms with Crippen molar-refractivity contribution in [1.82, 2.24) is 9.88 Å². The van der Waals surface area contributed by atoms with Crippen LogP contribution in [0.3, 0.4) is 0 Å². The number of carbonyl (C=O) groups excluding carboxylic acids is 1. The second-order valence-corrected chi connectivity index (χ2v) is 12.7. The molecule has 0 saturated heterocycles. The summed E-state index contributed by atoms with van der Waals surface area (Å²) >= 11 is 1.23. The van der Waals surface area contributed by atoms with E-state index in [0.717, 1.165) is 25.6 Å². The van der Waals surface area contributed by atoms with E-state index in [1.807, 2.05) is 13.8 Å². The molecule has 0 aliphatic heterocycles. The zero-order valence-corrected chi connectivity index (χ0v) is 22.7. The first-order chi connectivity index (χ1) is 15.4. The fourth-order valence-corrected chi connectivity index (χ4v) is 5.74. The highest BCUT2D eigenvalue weighted by Gasteiger charge is 2.23. The Kier molecular flexibility index (Phi) is 9.23. The Morgan fingerprint density at radius 2 is 1.53 bits per heavy atom. The highest BCUT2D eigenvalue weighted by Crippen LogP contribution is 2.31. The third-order valence-corrected chi connectivity index (χ3v) is 8.56. The number of aromatic nitrogens is 1. The van der Waals surface area contributed by atoms with Crippen molar-refractivity contribution in [3.63, 3.8) is 0 Å². The van der Waals surface area contributed by atoms with Crippen LogP contribution >= 0.6 is 23.7 Å². The van der Waals surface area contributed by atoms with E-state index in [9.17, 15) is 21.6 Å². The Balaban J connectivity index is 0.00000408. The molecule has 3 rings (SSSR count). The summed E-state index contributed by atoms with van der Waals surface area (Å²) in [6.07, 6.45) is 2.24. The molecular weight excluding hydrogens is 518 g/mol. The van der Waals surface area contributed by atoms with Gasteiger partial charge in [-0.3, -0.25) is 9.69 Å². The van der Waals surface area contributed by atoms with Gasteiger partial charge in [-0.1, -0.05) is 31.3 Å². The number of benzene rings is 2. The predicted molar refractivity (Wildman–Crippen MR) is 139 cm³/mol. The number of carbonyl (C=O) groups is 1. The fourth-order valence-electron chi connectivity index (χ4n) is 3.32. The average Bonchev–Trinajstić information content (AvgIpc) is 3.18. The summed E-state index contributed by atoms with van der Waals surface area (Å²) in [4.78, 5) is 22.0. The Morgan fingerprint density at radius 1 is 0.912 bits per heavy atom. The number of likely N-dealkylation sites (N-methyl/N-ethyl adjacent to an activating group) is 1. The molecular formula is C22H28ClN3O5S3.